The lowest BCUT2D eigenvalue weighted by Gasteiger charge is -2.13. The first-order chi connectivity index (χ1) is 8.78. The van der Waals surface area contributed by atoms with Crippen molar-refractivity contribution >= 4 is 11.3 Å². The molecule has 0 aliphatic carbocycles. The zero-order valence-electron chi connectivity index (χ0n) is 10.5. The van der Waals surface area contributed by atoms with E-state index < -0.39 is 0 Å². The Bertz CT molecular complexity index is 495. The summed E-state index contributed by atoms with van der Waals surface area (Å²) >= 11 is 1.62. The van der Waals surface area contributed by atoms with Gasteiger partial charge in [-0.2, -0.15) is 5.10 Å². The van der Waals surface area contributed by atoms with Gasteiger partial charge in [-0.25, -0.2) is 4.98 Å². The number of aryl methyl sites for hydroxylation is 1. The number of hydrogen-bond donors (Lipinski definition) is 2. The number of nitrogens with one attached hydrogen (secondary N) is 1. The molecular formula is C11H17N5OS. The van der Waals surface area contributed by atoms with Crippen molar-refractivity contribution < 1.29 is 4.74 Å². The van der Waals surface area contributed by atoms with Crippen molar-refractivity contribution in [3.63, 3.8) is 0 Å². The van der Waals surface area contributed by atoms with Crippen LogP contribution in [-0.4, -0.2) is 21.9 Å². The van der Waals surface area contributed by atoms with Gasteiger partial charge < -0.3 is 4.74 Å². The van der Waals surface area contributed by atoms with Crippen molar-refractivity contribution in [1.29, 1.82) is 0 Å². The maximum Gasteiger partial charge on any atom is 0.138 e. The minimum atomic E-state index is 0.0217. The van der Waals surface area contributed by atoms with Crippen LogP contribution in [0.1, 0.15) is 23.7 Å². The number of methoxy groups -OCH3 is 1. The Morgan fingerprint density at radius 1 is 1.61 bits per heavy atom. The number of nitrogens with two attached hydrogens (primary N) is 1. The van der Waals surface area contributed by atoms with Crippen LogP contribution in [0.2, 0.25) is 0 Å². The fourth-order valence-electron chi connectivity index (χ4n) is 1.76. The van der Waals surface area contributed by atoms with E-state index >= 15 is 0 Å². The molecule has 0 bridgehead atoms. The summed E-state index contributed by atoms with van der Waals surface area (Å²) in [5.74, 6) is 7.40. The summed E-state index contributed by atoms with van der Waals surface area (Å²) in [6.45, 7) is 2.84. The number of aromatic nitrogens is 3. The first-order valence-corrected chi connectivity index (χ1v) is 6.61. The number of thiophene rings is 1. The summed E-state index contributed by atoms with van der Waals surface area (Å²) < 4.78 is 7.05. The van der Waals surface area contributed by atoms with Crippen LogP contribution < -0.4 is 16.0 Å². The Morgan fingerprint density at radius 3 is 3.06 bits per heavy atom. The molecule has 2 rings (SSSR count). The van der Waals surface area contributed by atoms with Crippen LogP contribution in [0, 0.1) is 0 Å². The first-order valence-electron chi connectivity index (χ1n) is 5.73. The summed E-state index contributed by atoms with van der Waals surface area (Å²) in [5, 5.41) is 6.12. The minimum Gasteiger partial charge on any atom is -0.496 e. The van der Waals surface area contributed by atoms with Gasteiger partial charge in [-0.1, -0.05) is 0 Å². The van der Waals surface area contributed by atoms with Crippen molar-refractivity contribution in [1.82, 2.24) is 20.2 Å². The molecule has 7 heteroatoms. The van der Waals surface area contributed by atoms with E-state index in [4.69, 9.17) is 10.6 Å². The Hall–Kier alpha value is -1.44. The predicted molar refractivity (Wildman–Crippen MR) is 70.3 cm³/mol. The lowest BCUT2D eigenvalue weighted by atomic mass is 10.1. The summed E-state index contributed by atoms with van der Waals surface area (Å²) in [6, 6.07) is 2.01. The normalized spacial score (nSPS) is 12.6. The SMILES string of the molecule is CCn1ncnc1CC(NN)c1cc(OC)cs1. The molecule has 98 valence electrons. The number of hydrogen-bond acceptors (Lipinski definition) is 6. The second-order valence-corrected chi connectivity index (χ2v) is 4.75. The molecule has 2 aromatic rings. The number of rotatable bonds is 6. The van der Waals surface area contributed by atoms with E-state index in [0.717, 1.165) is 23.0 Å². The highest BCUT2D eigenvalue weighted by atomic mass is 32.1. The van der Waals surface area contributed by atoms with E-state index in [0.29, 0.717) is 6.42 Å². The molecular weight excluding hydrogens is 250 g/mol. The molecule has 0 aromatic carbocycles. The third-order valence-corrected chi connectivity index (χ3v) is 3.78. The molecule has 3 N–H and O–H groups in total. The Kier molecular flexibility index (Phi) is 4.29. The van der Waals surface area contributed by atoms with Crippen molar-refractivity contribution in [2.45, 2.75) is 25.9 Å². The van der Waals surface area contributed by atoms with Crippen LogP contribution in [0.4, 0.5) is 0 Å². The van der Waals surface area contributed by atoms with Gasteiger partial charge in [0, 0.05) is 23.2 Å². The maximum atomic E-state index is 5.62. The largest absolute Gasteiger partial charge is 0.496 e. The summed E-state index contributed by atoms with van der Waals surface area (Å²) in [7, 11) is 1.66. The first kappa shape index (κ1) is 13.0. The second kappa shape index (κ2) is 5.94. The molecule has 6 nitrogen and oxygen atoms in total. The third-order valence-electron chi connectivity index (χ3n) is 2.76. The van der Waals surface area contributed by atoms with Gasteiger partial charge in [-0.05, 0) is 13.0 Å². The second-order valence-electron chi connectivity index (χ2n) is 3.80. The summed E-state index contributed by atoms with van der Waals surface area (Å²) in [6.07, 6.45) is 2.27. The minimum absolute atomic E-state index is 0.0217. The van der Waals surface area contributed by atoms with Gasteiger partial charge in [0.2, 0.25) is 0 Å². The predicted octanol–water partition coefficient (Wildman–Crippen LogP) is 1.12. The zero-order chi connectivity index (χ0) is 13.0. The van der Waals surface area contributed by atoms with Crippen LogP contribution in [0.5, 0.6) is 5.75 Å². The molecule has 0 amide bonds. The van der Waals surface area contributed by atoms with Crippen molar-refractivity contribution in [3.8, 4) is 5.75 Å². The molecule has 1 atom stereocenters. The van der Waals surface area contributed by atoms with E-state index in [1.807, 2.05) is 23.1 Å². The molecule has 0 saturated heterocycles. The Balaban J connectivity index is 2.14. The average molecular weight is 267 g/mol. The van der Waals surface area contributed by atoms with Crippen molar-refractivity contribution in [3.05, 3.63) is 28.5 Å². The number of hydrazine groups is 1. The monoisotopic (exact) mass is 267 g/mol. The van der Waals surface area contributed by atoms with Crippen LogP contribution in [-0.2, 0) is 13.0 Å². The van der Waals surface area contributed by atoms with E-state index in [9.17, 15) is 0 Å². The molecule has 0 aliphatic heterocycles. The van der Waals surface area contributed by atoms with Gasteiger partial charge in [0.05, 0.1) is 13.2 Å². The number of ether oxygens (including phenoxy) is 1. The fraction of sp³-hybridized carbons (Fsp3) is 0.455. The van der Waals surface area contributed by atoms with Gasteiger partial charge in [-0.15, -0.1) is 11.3 Å². The molecule has 1 unspecified atom stereocenters. The van der Waals surface area contributed by atoms with Crippen molar-refractivity contribution in [2.75, 3.05) is 7.11 Å². The topological polar surface area (TPSA) is 78.0 Å². The van der Waals surface area contributed by atoms with Crippen molar-refractivity contribution in [2.24, 2.45) is 5.84 Å². The molecule has 0 aliphatic rings. The van der Waals surface area contributed by atoms with Gasteiger partial charge >= 0.3 is 0 Å². The lowest BCUT2D eigenvalue weighted by molar-refractivity contribution is 0.415. The van der Waals surface area contributed by atoms with E-state index in [-0.39, 0.29) is 6.04 Å². The smallest absolute Gasteiger partial charge is 0.138 e. The van der Waals surface area contributed by atoms with E-state index in [1.165, 1.54) is 0 Å². The highest BCUT2D eigenvalue weighted by molar-refractivity contribution is 7.10. The standard InChI is InChI=1S/C11H17N5OS/c1-3-16-11(13-7-14-16)5-9(15-12)10-4-8(17-2)6-18-10/h4,6-7,9,15H,3,5,12H2,1-2H3. The lowest BCUT2D eigenvalue weighted by Crippen LogP contribution is -2.29. The quantitative estimate of drug-likeness (QED) is 0.605. The molecule has 2 aromatic heterocycles. The molecule has 0 fully saturated rings. The van der Waals surface area contributed by atoms with Crippen LogP contribution in [0.15, 0.2) is 17.8 Å². The van der Waals surface area contributed by atoms with E-state index in [2.05, 4.69) is 15.5 Å². The molecule has 0 spiro atoms. The van der Waals surface area contributed by atoms with Gasteiger partial charge in [0.25, 0.3) is 0 Å². The van der Waals surface area contributed by atoms with Crippen LogP contribution in [0.3, 0.4) is 0 Å². The average Bonchev–Trinajstić information content (AvgIpc) is 3.04. The molecule has 0 saturated carbocycles. The molecule has 2 heterocycles. The zero-order valence-corrected chi connectivity index (χ0v) is 11.3. The Labute approximate surface area is 110 Å². The number of nitrogens with zero attached hydrogens (tertiary/aromatic N) is 3. The van der Waals surface area contributed by atoms with Gasteiger partial charge in [0.15, 0.2) is 0 Å². The van der Waals surface area contributed by atoms with E-state index in [1.54, 1.807) is 24.8 Å². The van der Waals surface area contributed by atoms with Crippen LogP contribution >= 0.6 is 11.3 Å². The fourth-order valence-corrected chi connectivity index (χ4v) is 2.68. The maximum absolute atomic E-state index is 5.62. The Morgan fingerprint density at radius 2 is 2.44 bits per heavy atom. The van der Waals surface area contributed by atoms with Gasteiger partial charge in [-0.3, -0.25) is 16.0 Å². The summed E-state index contributed by atoms with van der Waals surface area (Å²) in [4.78, 5) is 5.38. The molecule has 18 heavy (non-hydrogen) atoms. The highest BCUT2D eigenvalue weighted by Crippen LogP contribution is 2.28. The molecule has 0 radical (unpaired) electrons. The highest BCUT2D eigenvalue weighted by Gasteiger charge is 2.16. The summed E-state index contributed by atoms with van der Waals surface area (Å²) in [5.41, 5.74) is 2.82. The van der Waals surface area contributed by atoms with Crippen LogP contribution in [0.25, 0.3) is 0 Å². The van der Waals surface area contributed by atoms with Gasteiger partial charge in [0.1, 0.15) is 17.9 Å². The third kappa shape index (κ3) is 2.69.